The lowest BCUT2D eigenvalue weighted by Gasteiger charge is -2.06. The van der Waals surface area contributed by atoms with Crippen LogP contribution in [0.3, 0.4) is 0 Å². The summed E-state index contributed by atoms with van der Waals surface area (Å²) < 4.78 is 0. The normalized spacial score (nSPS) is 11.0. The lowest BCUT2D eigenvalue weighted by Crippen LogP contribution is -1.81. The van der Waals surface area contributed by atoms with Gasteiger partial charge in [0.05, 0.1) is 0 Å². The molecule has 0 atom stereocenters. The molecule has 3 aromatic rings. The van der Waals surface area contributed by atoms with Crippen molar-refractivity contribution in [2.24, 2.45) is 0 Å². The molecule has 4 N–H and O–H groups in total. The first kappa shape index (κ1) is 15.5. The minimum Gasteiger partial charge on any atom is -0.508 e. The Hall–Kier alpha value is -3.40. The predicted molar refractivity (Wildman–Crippen MR) is 93.9 cm³/mol. The molecule has 0 aromatic heterocycles. The third kappa shape index (κ3) is 3.50. The Kier molecular flexibility index (Phi) is 4.12. The van der Waals surface area contributed by atoms with Crippen molar-refractivity contribution < 1.29 is 20.4 Å². The largest absolute Gasteiger partial charge is 0.508 e. The summed E-state index contributed by atoms with van der Waals surface area (Å²) in [7, 11) is 0. The van der Waals surface area contributed by atoms with Gasteiger partial charge >= 0.3 is 0 Å². The molecule has 0 radical (unpaired) electrons. The Morgan fingerprint density at radius 3 is 2.00 bits per heavy atom. The molecule has 3 aromatic carbocycles. The van der Waals surface area contributed by atoms with E-state index in [2.05, 4.69) is 0 Å². The summed E-state index contributed by atoms with van der Waals surface area (Å²) in [5.41, 5.74) is 2.87. The Morgan fingerprint density at radius 2 is 1.29 bits per heavy atom. The van der Waals surface area contributed by atoms with Crippen LogP contribution < -0.4 is 0 Å². The number of hydrogen-bond donors (Lipinski definition) is 4. The van der Waals surface area contributed by atoms with E-state index in [1.54, 1.807) is 48.6 Å². The van der Waals surface area contributed by atoms with E-state index in [0.717, 1.165) is 11.1 Å². The number of benzene rings is 3. The summed E-state index contributed by atoms with van der Waals surface area (Å²) in [6.45, 7) is 0. The van der Waals surface area contributed by atoms with E-state index in [4.69, 9.17) is 0 Å². The monoisotopic (exact) mass is 320 g/mol. The fourth-order valence-electron chi connectivity index (χ4n) is 2.45. The van der Waals surface area contributed by atoms with Gasteiger partial charge in [0, 0.05) is 11.6 Å². The number of phenolic OH excluding ortho intramolecular Hbond substituents is 4. The van der Waals surface area contributed by atoms with E-state index < -0.39 is 0 Å². The van der Waals surface area contributed by atoms with Crippen LogP contribution in [0.15, 0.2) is 60.7 Å². The molecule has 4 nitrogen and oxygen atoms in total. The van der Waals surface area contributed by atoms with Crippen LogP contribution in [0.5, 0.6) is 23.0 Å². The maximum Gasteiger partial charge on any atom is 0.122 e. The van der Waals surface area contributed by atoms with Crippen LogP contribution in [0.25, 0.3) is 23.3 Å². The molecule has 0 heterocycles. The van der Waals surface area contributed by atoms with Crippen LogP contribution in [0.2, 0.25) is 0 Å². The quantitative estimate of drug-likeness (QED) is 0.541. The van der Waals surface area contributed by atoms with Crippen molar-refractivity contribution in [2.45, 2.75) is 0 Å². The first-order valence-corrected chi connectivity index (χ1v) is 7.35. The SMILES string of the molecule is Oc1cc(O)cc(/C=C/c2cc(-c3cccc(O)c3)ccc2O)c1. The third-order valence-electron chi connectivity index (χ3n) is 3.59. The van der Waals surface area contributed by atoms with Gasteiger partial charge in [-0.1, -0.05) is 30.4 Å². The number of hydrogen-bond acceptors (Lipinski definition) is 4. The zero-order chi connectivity index (χ0) is 17.1. The highest BCUT2D eigenvalue weighted by molar-refractivity contribution is 5.77. The third-order valence-corrected chi connectivity index (χ3v) is 3.59. The van der Waals surface area contributed by atoms with Gasteiger partial charge in [0.1, 0.15) is 23.0 Å². The highest BCUT2D eigenvalue weighted by atomic mass is 16.3. The molecule has 0 aliphatic heterocycles. The molecule has 24 heavy (non-hydrogen) atoms. The zero-order valence-corrected chi connectivity index (χ0v) is 12.7. The molecule has 0 saturated carbocycles. The van der Waals surface area contributed by atoms with Gasteiger partial charge in [-0.25, -0.2) is 0 Å². The van der Waals surface area contributed by atoms with Crippen LogP contribution in [0.4, 0.5) is 0 Å². The van der Waals surface area contributed by atoms with E-state index in [-0.39, 0.29) is 23.0 Å². The number of phenols is 4. The Bertz CT molecular complexity index is 893. The van der Waals surface area contributed by atoms with Crippen molar-refractivity contribution in [1.82, 2.24) is 0 Å². The average Bonchev–Trinajstić information content (AvgIpc) is 2.53. The van der Waals surface area contributed by atoms with E-state index >= 15 is 0 Å². The van der Waals surface area contributed by atoms with E-state index in [0.29, 0.717) is 11.1 Å². The summed E-state index contributed by atoms with van der Waals surface area (Å²) in [5, 5.41) is 38.6. The van der Waals surface area contributed by atoms with Crippen molar-refractivity contribution in [2.75, 3.05) is 0 Å². The Labute approximate surface area is 139 Å². The summed E-state index contributed by atoms with van der Waals surface area (Å²) in [6, 6.07) is 16.3. The molecular formula is C20H16O4. The van der Waals surface area contributed by atoms with Crippen molar-refractivity contribution in [3.63, 3.8) is 0 Å². The zero-order valence-electron chi connectivity index (χ0n) is 12.7. The Morgan fingerprint density at radius 1 is 0.583 bits per heavy atom. The fourth-order valence-corrected chi connectivity index (χ4v) is 2.45. The minimum absolute atomic E-state index is 0.0348. The van der Waals surface area contributed by atoms with Crippen LogP contribution in [-0.4, -0.2) is 20.4 Å². The van der Waals surface area contributed by atoms with Gasteiger partial charge in [0.25, 0.3) is 0 Å². The number of rotatable bonds is 3. The van der Waals surface area contributed by atoms with Crippen molar-refractivity contribution in [1.29, 1.82) is 0 Å². The molecule has 4 heteroatoms. The van der Waals surface area contributed by atoms with E-state index in [9.17, 15) is 20.4 Å². The van der Waals surface area contributed by atoms with Gasteiger partial charge in [-0.3, -0.25) is 0 Å². The van der Waals surface area contributed by atoms with Gasteiger partial charge < -0.3 is 20.4 Å². The second-order valence-corrected chi connectivity index (χ2v) is 5.44. The second-order valence-electron chi connectivity index (χ2n) is 5.44. The molecule has 120 valence electrons. The van der Waals surface area contributed by atoms with Crippen molar-refractivity contribution >= 4 is 12.2 Å². The van der Waals surface area contributed by atoms with Gasteiger partial charge in [-0.2, -0.15) is 0 Å². The van der Waals surface area contributed by atoms with Crippen LogP contribution in [0, 0.1) is 0 Å². The molecule has 0 bridgehead atoms. The maximum absolute atomic E-state index is 10.0. The second kappa shape index (κ2) is 6.38. The van der Waals surface area contributed by atoms with Gasteiger partial charge in [0.2, 0.25) is 0 Å². The van der Waals surface area contributed by atoms with Crippen LogP contribution >= 0.6 is 0 Å². The standard InChI is InChI=1S/C20H16O4/c21-17-3-1-2-14(11-17)15-6-7-20(24)16(10-15)5-4-13-8-18(22)12-19(23)9-13/h1-12,21-24H/b5-4+. The molecule has 0 aliphatic carbocycles. The maximum atomic E-state index is 10.0. The first-order chi connectivity index (χ1) is 11.5. The van der Waals surface area contributed by atoms with Crippen LogP contribution in [-0.2, 0) is 0 Å². The highest BCUT2D eigenvalue weighted by Gasteiger charge is 2.04. The van der Waals surface area contributed by atoms with E-state index in [1.807, 2.05) is 6.07 Å². The van der Waals surface area contributed by atoms with Crippen LogP contribution in [0.1, 0.15) is 11.1 Å². The van der Waals surface area contributed by atoms with Crippen molar-refractivity contribution in [3.8, 4) is 34.1 Å². The topological polar surface area (TPSA) is 80.9 Å². The number of aromatic hydroxyl groups is 4. The molecule has 0 fully saturated rings. The molecule has 0 spiro atoms. The molecule has 0 aliphatic rings. The molecular weight excluding hydrogens is 304 g/mol. The summed E-state index contributed by atoms with van der Waals surface area (Å²) in [4.78, 5) is 0. The molecule has 3 rings (SSSR count). The smallest absolute Gasteiger partial charge is 0.122 e. The van der Waals surface area contributed by atoms with Gasteiger partial charge in [-0.15, -0.1) is 0 Å². The van der Waals surface area contributed by atoms with Gasteiger partial charge in [-0.05, 0) is 53.1 Å². The molecule has 0 saturated heterocycles. The Balaban J connectivity index is 1.96. The lowest BCUT2D eigenvalue weighted by atomic mass is 10.0. The fraction of sp³-hybridized carbons (Fsp3) is 0. The average molecular weight is 320 g/mol. The summed E-state index contributed by atoms with van der Waals surface area (Å²) >= 11 is 0. The summed E-state index contributed by atoms with van der Waals surface area (Å²) in [5.74, 6) is 0.215. The van der Waals surface area contributed by atoms with E-state index in [1.165, 1.54) is 18.2 Å². The first-order valence-electron chi connectivity index (χ1n) is 7.35. The predicted octanol–water partition coefficient (Wildman–Crippen LogP) is 4.35. The minimum atomic E-state index is -0.0348. The van der Waals surface area contributed by atoms with Gasteiger partial charge in [0.15, 0.2) is 0 Å². The summed E-state index contributed by atoms with van der Waals surface area (Å²) in [6.07, 6.45) is 3.37. The molecule has 0 amide bonds. The highest BCUT2D eigenvalue weighted by Crippen LogP contribution is 2.29. The molecule has 0 unspecified atom stereocenters. The lowest BCUT2D eigenvalue weighted by molar-refractivity contribution is 0.450. The van der Waals surface area contributed by atoms with Crippen molar-refractivity contribution in [3.05, 3.63) is 71.8 Å².